The predicted octanol–water partition coefficient (Wildman–Crippen LogP) is 5.20. The Morgan fingerprint density at radius 2 is 0.784 bits per heavy atom. The number of hydrogen-bond acceptors (Lipinski definition) is 6. The van der Waals surface area contributed by atoms with E-state index in [-0.39, 0.29) is 38.6 Å². The first-order chi connectivity index (χ1) is 16.6. The Hall–Kier alpha value is -0.304. The number of rotatable bonds is 18. The molecule has 0 radical (unpaired) electrons. The standard InChI is InChI=1S/3C10H20O2.Tb/c1-4-5-6-7-8-10(2,3)9(11)12;2*1-4-6-7-8-10(3,5-2)9(11)12;/h3*4-8H2,1-3H3,(H,11,12);/q;;;+3/p-3. The molecule has 0 amide bonds. The normalized spacial score (nSPS) is 13.9. The number of unbranched alkanes of at least 4 members (excludes halogenated alkanes) is 7. The van der Waals surface area contributed by atoms with Crippen LogP contribution in [0.5, 0.6) is 0 Å². The molecule has 0 heterocycles. The summed E-state index contributed by atoms with van der Waals surface area (Å²) in [4.78, 5) is 32.0. The first-order valence-electron chi connectivity index (χ1n) is 14.3. The summed E-state index contributed by atoms with van der Waals surface area (Å²) in [6.45, 7) is 17.2. The molecule has 0 aliphatic rings. The van der Waals surface area contributed by atoms with E-state index < -0.39 is 34.2 Å². The van der Waals surface area contributed by atoms with Gasteiger partial charge in [-0.25, -0.2) is 0 Å². The summed E-state index contributed by atoms with van der Waals surface area (Å²) < 4.78 is 0. The molecule has 0 bridgehead atoms. The van der Waals surface area contributed by atoms with E-state index in [1.165, 1.54) is 12.8 Å². The van der Waals surface area contributed by atoms with Crippen molar-refractivity contribution in [3.05, 3.63) is 0 Å². The van der Waals surface area contributed by atoms with Crippen LogP contribution in [0.4, 0.5) is 0 Å². The zero-order chi connectivity index (χ0) is 28.8. The van der Waals surface area contributed by atoms with E-state index in [0.29, 0.717) is 12.8 Å². The molecule has 222 valence electrons. The van der Waals surface area contributed by atoms with Crippen molar-refractivity contribution in [2.75, 3.05) is 0 Å². The number of carboxylic acids is 3. The van der Waals surface area contributed by atoms with E-state index >= 15 is 0 Å². The molecule has 0 aromatic heterocycles. The van der Waals surface area contributed by atoms with Crippen molar-refractivity contribution in [3.63, 3.8) is 0 Å². The van der Waals surface area contributed by atoms with Crippen molar-refractivity contribution >= 4 is 17.9 Å². The van der Waals surface area contributed by atoms with Gasteiger partial charge in [0.25, 0.3) is 0 Å². The van der Waals surface area contributed by atoms with Gasteiger partial charge in [0.15, 0.2) is 0 Å². The molecular formula is C30H57O6Tb. The van der Waals surface area contributed by atoms with Crippen LogP contribution < -0.4 is 15.3 Å². The predicted molar refractivity (Wildman–Crippen MR) is 143 cm³/mol. The smallest absolute Gasteiger partial charge is 0.550 e. The van der Waals surface area contributed by atoms with Gasteiger partial charge in [0.1, 0.15) is 0 Å². The SMILES string of the molecule is CCCCCC(C)(CC)C(=O)[O-].CCCCCC(C)(CC)C(=O)[O-].CCCCCCC(C)(C)C(=O)[O-].[Tb+3]. The van der Waals surface area contributed by atoms with Crippen LogP contribution in [0.2, 0.25) is 0 Å². The van der Waals surface area contributed by atoms with E-state index in [1.54, 1.807) is 27.7 Å². The van der Waals surface area contributed by atoms with Crippen LogP contribution in [0.1, 0.15) is 159 Å². The summed E-state index contributed by atoms with van der Waals surface area (Å²) in [5, 5.41) is 32.0. The number of aliphatic carboxylic acids is 3. The van der Waals surface area contributed by atoms with Gasteiger partial charge in [0.05, 0.1) is 0 Å². The average Bonchev–Trinajstić information content (AvgIpc) is 2.82. The summed E-state index contributed by atoms with van der Waals surface area (Å²) in [6.07, 6.45) is 14.6. The molecule has 0 aliphatic heterocycles. The van der Waals surface area contributed by atoms with Gasteiger partial charge in [0, 0.05) is 34.2 Å². The van der Waals surface area contributed by atoms with Crippen LogP contribution in [-0.2, 0) is 14.4 Å². The molecule has 0 rings (SSSR count). The second-order valence-corrected chi connectivity index (χ2v) is 11.3. The average molecular weight is 673 g/mol. The van der Waals surface area contributed by atoms with Crippen molar-refractivity contribution in [1.29, 1.82) is 0 Å². The molecule has 0 aromatic carbocycles. The fourth-order valence-electron chi connectivity index (χ4n) is 3.47. The molecule has 0 spiro atoms. The van der Waals surface area contributed by atoms with Crippen molar-refractivity contribution in [2.24, 2.45) is 16.2 Å². The largest absolute Gasteiger partial charge is 3.00 e. The quantitative estimate of drug-likeness (QED) is 0.185. The van der Waals surface area contributed by atoms with E-state index in [2.05, 4.69) is 20.8 Å². The molecule has 37 heavy (non-hydrogen) atoms. The maximum Gasteiger partial charge on any atom is 3.00 e. The van der Waals surface area contributed by atoms with Crippen molar-refractivity contribution in [2.45, 2.75) is 159 Å². The Labute approximate surface area is 259 Å². The zero-order valence-electron chi connectivity index (χ0n) is 25.4. The van der Waals surface area contributed by atoms with Gasteiger partial charge in [-0.15, -0.1) is 0 Å². The Balaban J connectivity index is -0.000000218. The van der Waals surface area contributed by atoms with Gasteiger partial charge in [-0.05, 0) is 32.1 Å². The van der Waals surface area contributed by atoms with Gasteiger partial charge < -0.3 is 29.7 Å². The molecule has 0 saturated carbocycles. The zero-order valence-corrected chi connectivity index (χ0v) is 27.5. The number of hydrogen-bond donors (Lipinski definition) is 0. The van der Waals surface area contributed by atoms with Crippen LogP contribution in [0, 0.1) is 54.9 Å². The molecule has 0 saturated heterocycles. The molecule has 0 aromatic rings. The van der Waals surface area contributed by atoms with E-state index in [1.807, 2.05) is 13.8 Å². The van der Waals surface area contributed by atoms with Gasteiger partial charge in [-0.3, -0.25) is 0 Å². The van der Waals surface area contributed by atoms with Crippen molar-refractivity contribution < 1.29 is 68.3 Å². The fraction of sp³-hybridized carbons (Fsp3) is 0.900. The second-order valence-electron chi connectivity index (χ2n) is 11.3. The molecule has 6 nitrogen and oxygen atoms in total. The van der Waals surface area contributed by atoms with Crippen molar-refractivity contribution in [1.82, 2.24) is 0 Å². The number of carboxylic acid groups (broad SMARTS) is 3. The van der Waals surface area contributed by atoms with Crippen LogP contribution in [0.3, 0.4) is 0 Å². The van der Waals surface area contributed by atoms with Crippen LogP contribution in [0.15, 0.2) is 0 Å². The fourth-order valence-corrected chi connectivity index (χ4v) is 3.47. The topological polar surface area (TPSA) is 120 Å². The van der Waals surface area contributed by atoms with Gasteiger partial charge in [0.2, 0.25) is 0 Å². The molecule has 2 unspecified atom stereocenters. The first-order valence-corrected chi connectivity index (χ1v) is 14.3. The van der Waals surface area contributed by atoms with E-state index in [4.69, 9.17) is 0 Å². The van der Waals surface area contributed by atoms with Gasteiger partial charge in [-0.2, -0.15) is 0 Å². The summed E-state index contributed by atoms with van der Waals surface area (Å²) in [6, 6.07) is 0. The molecule has 0 N–H and O–H groups in total. The molecule has 7 heteroatoms. The molecule has 0 fully saturated rings. The van der Waals surface area contributed by atoms with Crippen LogP contribution in [0.25, 0.3) is 0 Å². The minimum atomic E-state index is -0.931. The Bertz CT molecular complexity index is 559. The Morgan fingerprint density at radius 1 is 0.486 bits per heavy atom. The Kier molecular flexibility index (Phi) is 29.2. The minimum absolute atomic E-state index is 0. The summed E-state index contributed by atoms with van der Waals surface area (Å²) in [7, 11) is 0. The maximum absolute atomic E-state index is 10.7. The first kappa shape index (κ1) is 43.7. The number of carbonyl (C=O) groups excluding carboxylic acids is 3. The van der Waals surface area contributed by atoms with Gasteiger partial charge in [-0.1, -0.05) is 127 Å². The van der Waals surface area contributed by atoms with Crippen LogP contribution in [-0.4, -0.2) is 17.9 Å². The van der Waals surface area contributed by atoms with E-state index in [0.717, 1.165) is 70.6 Å². The summed E-state index contributed by atoms with van der Waals surface area (Å²) in [5.74, 6) is -2.73. The van der Waals surface area contributed by atoms with Crippen molar-refractivity contribution in [3.8, 4) is 0 Å². The third-order valence-corrected chi connectivity index (χ3v) is 7.42. The second kappa shape index (κ2) is 24.7. The molecular weight excluding hydrogens is 615 g/mol. The van der Waals surface area contributed by atoms with Gasteiger partial charge >= 0.3 is 38.6 Å². The third kappa shape index (κ3) is 22.2. The monoisotopic (exact) mass is 672 g/mol. The van der Waals surface area contributed by atoms with Crippen LogP contribution >= 0.6 is 0 Å². The molecule has 2 atom stereocenters. The summed E-state index contributed by atoms with van der Waals surface area (Å²) >= 11 is 0. The number of carbonyl (C=O) groups is 3. The summed E-state index contributed by atoms with van der Waals surface area (Å²) in [5.41, 5.74) is -1.85. The van der Waals surface area contributed by atoms with E-state index in [9.17, 15) is 29.7 Å². The third-order valence-electron chi connectivity index (χ3n) is 7.42. The minimum Gasteiger partial charge on any atom is -0.550 e. The maximum atomic E-state index is 10.7. The molecule has 0 aliphatic carbocycles. The Morgan fingerprint density at radius 3 is 1.03 bits per heavy atom.